The van der Waals surface area contributed by atoms with Crippen LogP contribution >= 0.6 is 0 Å². The first-order valence-corrected chi connectivity index (χ1v) is 6.80. The van der Waals surface area contributed by atoms with Gasteiger partial charge in [-0.3, -0.25) is 4.68 Å². The van der Waals surface area contributed by atoms with Crippen molar-refractivity contribution in [3.05, 3.63) is 35.5 Å². The molecular formula is C14H19N5O. The fraction of sp³-hybridized carbons (Fsp3) is 0.500. The topological polar surface area (TPSA) is 56.1 Å². The van der Waals surface area contributed by atoms with Crippen LogP contribution < -0.4 is 4.90 Å². The van der Waals surface area contributed by atoms with Gasteiger partial charge in [-0.1, -0.05) is 0 Å². The maximum Gasteiger partial charge on any atom is 0.133 e. The van der Waals surface area contributed by atoms with Gasteiger partial charge in [-0.15, -0.1) is 0 Å². The lowest BCUT2D eigenvalue weighted by Crippen LogP contribution is -2.41. The van der Waals surface area contributed by atoms with Crippen LogP contribution in [0.1, 0.15) is 23.3 Å². The first-order chi connectivity index (χ1) is 9.65. The highest BCUT2D eigenvalue weighted by Gasteiger charge is 2.28. The third-order valence-electron chi connectivity index (χ3n) is 3.58. The summed E-state index contributed by atoms with van der Waals surface area (Å²) in [6.45, 7) is 6.12. The van der Waals surface area contributed by atoms with E-state index in [1.165, 1.54) is 0 Å². The molecule has 0 radical (unpaired) electrons. The van der Waals surface area contributed by atoms with Gasteiger partial charge in [-0.05, 0) is 19.9 Å². The van der Waals surface area contributed by atoms with E-state index in [-0.39, 0.29) is 6.04 Å². The van der Waals surface area contributed by atoms with Gasteiger partial charge >= 0.3 is 0 Å². The van der Waals surface area contributed by atoms with Gasteiger partial charge < -0.3 is 9.64 Å². The van der Waals surface area contributed by atoms with E-state index in [1.54, 1.807) is 0 Å². The summed E-state index contributed by atoms with van der Waals surface area (Å²) in [5.74, 6) is 1.76. The van der Waals surface area contributed by atoms with E-state index in [2.05, 4.69) is 20.0 Å². The third kappa shape index (κ3) is 2.38. The van der Waals surface area contributed by atoms with Crippen LogP contribution in [0.15, 0.2) is 18.3 Å². The summed E-state index contributed by atoms with van der Waals surface area (Å²) in [5.41, 5.74) is 2.13. The Labute approximate surface area is 118 Å². The van der Waals surface area contributed by atoms with Gasteiger partial charge in [-0.2, -0.15) is 5.10 Å². The monoisotopic (exact) mass is 273 g/mol. The van der Waals surface area contributed by atoms with Crippen molar-refractivity contribution in [1.82, 2.24) is 19.7 Å². The highest BCUT2D eigenvalue weighted by Crippen LogP contribution is 2.28. The van der Waals surface area contributed by atoms with Gasteiger partial charge in [0.15, 0.2) is 0 Å². The second-order valence-corrected chi connectivity index (χ2v) is 5.08. The lowest BCUT2D eigenvalue weighted by atomic mass is 10.1. The Morgan fingerprint density at radius 3 is 2.85 bits per heavy atom. The van der Waals surface area contributed by atoms with Crippen LogP contribution in [0.5, 0.6) is 0 Å². The molecule has 1 saturated heterocycles. The molecule has 2 aromatic rings. The normalized spacial score (nSPS) is 19.4. The van der Waals surface area contributed by atoms with Gasteiger partial charge in [0, 0.05) is 31.5 Å². The van der Waals surface area contributed by atoms with Crippen molar-refractivity contribution in [3.63, 3.8) is 0 Å². The zero-order valence-electron chi connectivity index (χ0n) is 12.1. The first-order valence-electron chi connectivity index (χ1n) is 6.80. The number of hydrogen-bond donors (Lipinski definition) is 0. The second-order valence-electron chi connectivity index (χ2n) is 5.08. The van der Waals surface area contributed by atoms with Crippen molar-refractivity contribution >= 4 is 5.82 Å². The number of aryl methyl sites for hydroxylation is 3. The first kappa shape index (κ1) is 13.1. The summed E-state index contributed by atoms with van der Waals surface area (Å²) in [4.78, 5) is 11.2. The minimum Gasteiger partial charge on any atom is -0.377 e. The smallest absolute Gasteiger partial charge is 0.133 e. The van der Waals surface area contributed by atoms with E-state index in [0.717, 1.165) is 36.2 Å². The number of nitrogens with zero attached hydrogens (tertiary/aromatic N) is 5. The molecule has 0 spiro atoms. The van der Waals surface area contributed by atoms with Gasteiger partial charge in [0.05, 0.1) is 24.9 Å². The van der Waals surface area contributed by atoms with E-state index in [1.807, 2.05) is 43.9 Å². The number of hydrogen-bond acceptors (Lipinski definition) is 5. The van der Waals surface area contributed by atoms with Crippen molar-refractivity contribution in [2.24, 2.45) is 7.05 Å². The second kappa shape index (κ2) is 5.20. The van der Waals surface area contributed by atoms with Crippen LogP contribution in [0.4, 0.5) is 5.82 Å². The predicted molar refractivity (Wildman–Crippen MR) is 75.6 cm³/mol. The van der Waals surface area contributed by atoms with Gasteiger partial charge in [-0.25, -0.2) is 9.97 Å². The molecule has 1 fully saturated rings. The summed E-state index contributed by atoms with van der Waals surface area (Å²) in [6, 6.07) is 4.21. The zero-order valence-corrected chi connectivity index (χ0v) is 12.1. The van der Waals surface area contributed by atoms with Crippen LogP contribution in [-0.4, -0.2) is 39.5 Å². The molecule has 0 aliphatic carbocycles. The molecule has 20 heavy (non-hydrogen) atoms. The molecule has 1 aliphatic rings. The molecule has 106 valence electrons. The fourth-order valence-corrected chi connectivity index (χ4v) is 2.68. The maximum absolute atomic E-state index is 5.65. The van der Waals surface area contributed by atoms with E-state index in [0.29, 0.717) is 6.61 Å². The van der Waals surface area contributed by atoms with Crippen LogP contribution in [0, 0.1) is 13.8 Å². The molecule has 1 aliphatic heterocycles. The fourth-order valence-electron chi connectivity index (χ4n) is 2.68. The Bertz CT molecular complexity index is 589. The van der Waals surface area contributed by atoms with E-state index in [4.69, 9.17) is 4.74 Å². The quantitative estimate of drug-likeness (QED) is 0.828. The molecule has 2 aromatic heterocycles. The van der Waals surface area contributed by atoms with Crippen molar-refractivity contribution in [3.8, 4) is 0 Å². The minimum atomic E-state index is 0.143. The molecule has 1 unspecified atom stereocenters. The molecule has 0 saturated carbocycles. The Kier molecular flexibility index (Phi) is 3.40. The molecule has 6 heteroatoms. The van der Waals surface area contributed by atoms with Crippen molar-refractivity contribution < 1.29 is 4.74 Å². The summed E-state index contributed by atoms with van der Waals surface area (Å²) in [7, 11) is 1.96. The molecule has 3 rings (SSSR count). The number of rotatable bonds is 2. The zero-order chi connectivity index (χ0) is 14.1. The SMILES string of the molecule is Cc1cc(N2CCOCC2c2ccnn2C)nc(C)n1. The van der Waals surface area contributed by atoms with Gasteiger partial charge in [0.25, 0.3) is 0 Å². The summed E-state index contributed by atoms with van der Waals surface area (Å²) in [6.07, 6.45) is 1.82. The van der Waals surface area contributed by atoms with E-state index >= 15 is 0 Å². The third-order valence-corrected chi connectivity index (χ3v) is 3.58. The Balaban J connectivity index is 1.98. The highest BCUT2D eigenvalue weighted by atomic mass is 16.5. The molecular weight excluding hydrogens is 254 g/mol. The molecule has 1 atom stereocenters. The largest absolute Gasteiger partial charge is 0.377 e. The summed E-state index contributed by atoms with van der Waals surface area (Å²) >= 11 is 0. The van der Waals surface area contributed by atoms with Gasteiger partial charge in [0.2, 0.25) is 0 Å². The molecule has 0 aromatic carbocycles. The molecule has 6 nitrogen and oxygen atoms in total. The standard InChI is InChI=1S/C14H19N5O/c1-10-8-14(17-11(2)16-10)19-6-7-20-9-13(19)12-4-5-15-18(12)3/h4-5,8,13H,6-7,9H2,1-3H3. The van der Waals surface area contributed by atoms with Gasteiger partial charge in [0.1, 0.15) is 11.6 Å². The van der Waals surface area contributed by atoms with Crippen LogP contribution in [-0.2, 0) is 11.8 Å². The highest BCUT2D eigenvalue weighted by molar-refractivity contribution is 5.43. The number of morpholine rings is 1. The Morgan fingerprint density at radius 1 is 1.30 bits per heavy atom. The average molecular weight is 273 g/mol. The Morgan fingerprint density at radius 2 is 2.15 bits per heavy atom. The van der Waals surface area contributed by atoms with Crippen molar-refractivity contribution in [2.45, 2.75) is 19.9 Å². The van der Waals surface area contributed by atoms with Crippen LogP contribution in [0.3, 0.4) is 0 Å². The van der Waals surface area contributed by atoms with E-state index < -0.39 is 0 Å². The lowest BCUT2D eigenvalue weighted by Gasteiger charge is -2.36. The molecule has 0 N–H and O–H groups in total. The molecule has 3 heterocycles. The number of anilines is 1. The average Bonchev–Trinajstić information content (AvgIpc) is 2.84. The number of aromatic nitrogens is 4. The minimum absolute atomic E-state index is 0.143. The lowest BCUT2D eigenvalue weighted by molar-refractivity contribution is 0.0914. The van der Waals surface area contributed by atoms with Crippen molar-refractivity contribution in [1.29, 1.82) is 0 Å². The predicted octanol–water partition coefficient (Wildman–Crippen LogP) is 1.40. The summed E-state index contributed by atoms with van der Waals surface area (Å²) in [5, 5.41) is 4.26. The molecule has 0 bridgehead atoms. The van der Waals surface area contributed by atoms with E-state index in [9.17, 15) is 0 Å². The van der Waals surface area contributed by atoms with Crippen molar-refractivity contribution in [2.75, 3.05) is 24.7 Å². The van der Waals surface area contributed by atoms with Crippen LogP contribution in [0.2, 0.25) is 0 Å². The summed E-state index contributed by atoms with van der Waals surface area (Å²) < 4.78 is 7.54. The molecule has 0 amide bonds. The van der Waals surface area contributed by atoms with Crippen LogP contribution in [0.25, 0.3) is 0 Å². The maximum atomic E-state index is 5.65. The number of ether oxygens (including phenoxy) is 1. The Hall–Kier alpha value is -1.95.